The maximum absolute atomic E-state index is 13.1. The van der Waals surface area contributed by atoms with Gasteiger partial charge in [-0.05, 0) is 60.2 Å². The van der Waals surface area contributed by atoms with E-state index in [0.717, 1.165) is 24.3 Å². The summed E-state index contributed by atoms with van der Waals surface area (Å²) in [5.74, 6) is 3.65. The molecule has 0 radical (unpaired) electrons. The number of alkyl halides is 3. The maximum atomic E-state index is 13.1. The molecule has 0 spiro atoms. The Morgan fingerprint density at radius 2 is 1.58 bits per heavy atom. The lowest BCUT2D eigenvalue weighted by atomic mass is 10.1. The summed E-state index contributed by atoms with van der Waals surface area (Å²) in [7, 11) is -2.88. The summed E-state index contributed by atoms with van der Waals surface area (Å²) in [4.78, 5) is 11.7. The molecule has 0 saturated carbocycles. The quantitative estimate of drug-likeness (QED) is 0.302. The fourth-order valence-corrected chi connectivity index (χ4v) is 4.41. The van der Waals surface area contributed by atoms with Crippen LogP contribution >= 0.6 is 0 Å². The van der Waals surface area contributed by atoms with Crippen LogP contribution in [0.2, 0.25) is 0 Å². The molecule has 0 heterocycles. The Morgan fingerprint density at radius 3 is 2.15 bits per heavy atom. The summed E-state index contributed by atoms with van der Waals surface area (Å²) >= 11 is 0. The van der Waals surface area contributed by atoms with Crippen LogP contribution in [0.4, 0.5) is 17.6 Å². The van der Waals surface area contributed by atoms with Crippen molar-refractivity contribution >= 4 is 15.8 Å². The Hall–Kier alpha value is -3.64. The Labute approximate surface area is 187 Å². The smallest absolute Gasteiger partial charge is 0.416 e. The largest absolute Gasteiger partial charge is 0.465 e. The van der Waals surface area contributed by atoms with Crippen LogP contribution in [-0.2, 0) is 26.5 Å². The normalized spacial score (nSPS) is 11.4. The summed E-state index contributed by atoms with van der Waals surface area (Å²) < 4.78 is 82.2. The molecule has 9 heteroatoms. The third kappa shape index (κ3) is 5.99. The Balaban J connectivity index is 2.01. The van der Waals surface area contributed by atoms with E-state index in [2.05, 4.69) is 16.6 Å². The molecule has 3 aromatic carbocycles. The highest BCUT2D eigenvalue weighted by molar-refractivity contribution is 7.90. The molecule has 170 valence electrons. The first-order chi connectivity index (χ1) is 15.5. The SMILES string of the molecule is COC(=O)c1ccc(S(=O)(=O)Cc2ccc(C(F)(F)F)cc2)c(C#Cc2ccc(F)cc2)c1. The highest BCUT2D eigenvalue weighted by Gasteiger charge is 2.30. The minimum atomic E-state index is -4.54. The number of carbonyl (C=O) groups is 1. The summed E-state index contributed by atoms with van der Waals surface area (Å²) in [6, 6.07) is 12.7. The first kappa shape index (κ1) is 24.0. The Kier molecular flexibility index (Phi) is 6.89. The molecule has 0 unspecified atom stereocenters. The minimum Gasteiger partial charge on any atom is -0.465 e. The van der Waals surface area contributed by atoms with Gasteiger partial charge in [0.05, 0.1) is 28.9 Å². The van der Waals surface area contributed by atoms with Crippen molar-refractivity contribution in [2.24, 2.45) is 0 Å². The predicted octanol–water partition coefficient (Wildman–Crippen LogP) is 5.00. The first-order valence-electron chi connectivity index (χ1n) is 9.38. The number of ether oxygens (including phenoxy) is 1. The predicted molar refractivity (Wildman–Crippen MR) is 112 cm³/mol. The van der Waals surface area contributed by atoms with Crippen molar-refractivity contribution < 1.29 is 35.5 Å². The van der Waals surface area contributed by atoms with Crippen LogP contribution in [0.3, 0.4) is 0 Å². The fraction of sp³-hybridized carbons (Fsp3) is 0.125. The summed E-state index contributed by atoms with van der Waals surface area (Å²) in [6.07, 6.45) is -4.54. The third-order valence-electron chi connectivity index (χ3n) is 4.56. The summed E-state index contributed by atoms with van der Waals surface area (Å²) in [5.41, 5.74) is -0.274. The molecule has 0 aliphatic heterocycles. The van der Waals surface area contributed by atoms with Crippen LogP contribution in [-0.4, -0.2) is 21.5 Å². The van der Waals surface area contributed by atoms with Crippen molar-refractivity contribution in [3.63, 3.8) is 0 Å². The van der Waals surface area contributed by atoms with Crippen LogP contribution in [0, 0.1) is 17.7 Å². The van der Waals surface area contributed by atoms with Crippen molar-refractivity contribution in [1.82, 2.24) is 0 Å². The lowest BCUT2D eigenvalue weighted by molar-refractivity contribution is -0.137. The van der Waals surface area contributed by atoms with E-state index in [9.17, 15) is 30.8 Å². The van der Waals surface area contributed by atoms with E-state index in [0.29, 0.717) is 5.56 Å². The van der Waals surface area contributed by atoms with Crippen molar-refractivity contribution in [3.8, 4) is 11.8 Å². The van der Waals surface area contributed by atoms with Gasteiger partial charge in [-0.15, -0.1) is 0 Å². The van der Waals surface area contributed by atoms with Gasteiger partial charge in [-0.1, -0.05) is 24.0 Å². The van der Waals surface area contributed by atoms with Gasteiger partial charge in [-0.25, -0.2) is 17.6 Å². The number of benzene rings is 3. The zero-order valence-electron chi connectivity index (χ0n) is 17.1. The van der Waals surface area contributed by atoms with Crippen LogP contribution in [0.1, 0.15) is 32.6 Å². The molecule has 3 aromatic rings. The number of esters is 1. The average molecular weight is 476 g/mol. The van der Waals surface area contributed by atoms with Gasteiger partial charge in [0, 0.05) is 11.1 Å². The molecule has 4 nitrogen and oxygen atoms in total. The molecule has 0 aromatic heterocycles. The molecule has 33 heavy (non-hydrogen) atoms. The molecule has 0 aliphatic rings. The van der Waals surface area contributed by atoms with E-state index in [1.54, 1.807) is 0 Å². The Morgan fingerprint density at radius 1 is 0.939 bits per heavy atom. The molecule has 0 bridgehead atoms. The molecule has 0 atom stereocenters. The zero-order chi connectivity index (χ0) is 24.2. The van der Waals surface area contributed by atoms with Crippen molar-refractivity contribution in [1.29, 1.82) is 0 Å². The highest BCUT2D eigenvalue weighted by Crippen LogP contribution is 2.30. The number of carbonyl (C=O) groups excluding carboxylic acids is 1. The number of halogens is 4. The minimum absolute atomic E-state index is 0.00543. The van der Waals surface area contributed by atoms with E-state index in [1.165, 1.54) is 49.6 Å². The fourth-order valence-electron chi connectivity index (χ4n) is 2.90. The van der Waals surface area contributed by atoms with E-state index >= 15 is 0 Å². The van der Waals surface area contributed by atoms with Gasteiger partial charge >= 0.3 is 12.1 Å². The van der Waals surface area contributed by atoms with E-state index in [4.69, 9.17) is 0 Å². The number of hydrogen-bond acceptors (Lipinski definition) is 4. The second-order valence-corrected chi connectivity index (χ2v) is 8.87. The van der Waals surface area contributed by atoms with E-state index < -0.39 is 39.1 Å². The molecular formula is C24H16F4O4S. The van der Waals surface area contributed by atoms with Crippen LogP contribution in [0.5, 0.6) is 0 Å². The topological polar surface area (TPSA) is 60.4 Å². The van der Waals surface area contributed by atoms with Crippen LogP contribution in [0.15, 0.2) is 71.6 Å². The molecule has 0 saturated heterocycles. The molecule has 0 aliphatic carbocycles. The van der Waals surface area contributed by atoms with Gasteiger partial charge in [0.1, 0.15) is 5.82 Å². The van der Waals surface area contributed by atoms with Gasteiger partial charge in [-0.2, -0.15) is 13.2 Å². The second kappa shape index (κ2) is 9.46. The van der Waals surface area contributed by atoms with Gasteiger partial charge < -0.3 is 4.74 Å². The Bertz CT molecular complexity index is 1330. The summed E-state index contributed by atoms with van der Waals surface area (Å²) in [6.45, 7) is 0. The maximum Gasteiger partial charge on any atom is 0.416 e. The number of methoxy groups -OCH3 is 1. The lowest BCUT2D eigenvalue weighted by Gasteiger charge is -2.10. The molecule has 0 fully saturated rings. The average Bonchev–Trinajstić information content (AvgIpc) is 2.77. The van der Waals surface area contributed by atoms with E-state index in [-0.39, 0.29) is 21.6 Å². The monoisotopic (exact) mass is 476 g/mol. The van der Waals surface area contributed by atoms with Gasteiger partial charge in [0.2, 0.25) is 0 Å². The number of hydrogen-bond donors (Lipinski definition) is 0. The standard InChI is InChI=1S/C24H16F4O4S/c1-32-23(29)19-8-13-22(18(14-19)7-2-16-5-11-21(25)12-6-16)33(30,31)15-17-3-9-20(10-4-17)24(26,27)28/h3-6,8-14H,15H2,1H3. The van der Waals surface area contributed by atoms with Crippen LogP contribution in [0.25, 0.3) is 0 Å². The second-order valence-electron chi connectivity index (χ2n) is 6.91. The summed E-state index contributed by atoms with van der Waals surface area (Å²) in [5, 5.41) is 0. The van der Waals surface area contributed by atoms with Crippen molar-refractivity contribution in [2.45, 2.75) is 16.8 Å². The highest BCUT2D eigenvalue weighted by atomic mass is 32.2. The number of sulfone groups is 1. The molecule has 0 N–H and O–H groups in total. The molecule has 0 amide bonds. The van der Waals surface area contributed by atoms with Gasteiger partial charge in [0.15, 0.2) is 9.84 Å². The zero-order valence-corrected chi connectivity index (χ0v) is 17.9. The number of rotatable bonds is 4. The van der Waals surface area contributed by atoms with Gasteiger partial charge in [-0.3, -0.25) is 0 Å². The van der Waals surface area contributed by atoms with Crippen molar-refractivity contribution in [3.05, 3.63) is 100 Å². The first-order valence-corrected chi connectivity index (χ1v) is 11.0. The van der Waals surface area contributed by atoms with E-state index in [1.807, 2.05) is 0 Å². The van der Waals surface area contributed by atoms with Gasteiger partial charge in [0.25, 0.3) is 0 Å². The molecule has 3 rings (SSSR count). The van der Waals surface area contributed by atoms with Crippen molar-refractivity contribution in [2.75, 3.05) is 7.11 Å². The van der Waals surface area contributed by atoms with Crippen LogP contribution < -0.4 is 0 Å². The lowest BCUT2D eigenvalue weighted by Crippen LogP contribution is -2.10. The molecular weight excluding hydrogens is 460 g/mol. The third-order valence-corrected chi connectivity index (χ3v) is 6.30.